The Labute approximate surface area is 123 Å². The van der Waals surface area contributed by atoms with Gasteiger partial charge in [0.2, 0.25) is 0 Å². The lowest BCUT2D eigenvalue weighted by Gasteiger charge is -2.11. The Hall–Kier alpha value is -1.32. The van der Waals surface area contributed by atoms with Crippen molar-refractivity contribution in [3.8, 4) is 0 Å². The van der Waals surface area contributed by atoms with Gasteiger partial charge < -0.3 is 5.32 Å². The summed E-state index contributed by atoms with van der Waals surface area (Å²) in [5, 5.41) is 4.40. The van der Waals surface area contributed by atoms with Gasteiger partial charge in [0.1, 0.15) is 16.8 Å². The van der Waals surface area contributed by atoms with E-state index in [1.165, 1.54) is 0 Å². The summed E-state index contributed by atoms with van der Waals surface area (Å²) in [4.78, 5) is 8.63. The maximum absolute atomic E-state index is 6.09. The number of nitrogens with zero attached hydrogens (tertiary/aromatic N) is 2. The Balaban J connectivity index is 2.30. The molecular formula is C14H15Cl2N3. The standard InChI is InChI=1S/C14H15Cl2N3/c1-3-5-13-18-12(16)8-14(19-13)17-11-7-4-6-10(15)9(11)2/h4,6-8H,3,5H2,1-2H3,(H,17,18,19). The molecule has 0 saturated heterocycles. The van der Waals surface area contributed by atoms with Gasteiger partial charge in [0.25, 0.3) is 0 Å². The first kappa shape index (κ1) is 14.1. The number of aryl methyl sites for hydroxylation is 1. The van der Waals surface area contributed by atoms with Crippen LogP contribution in [-0.4, -0.2) is 9.97 Å². The number of nitrogens with one attached hydrogen (secondary N) is 1. The van der Waals surface area contributed by atoms with E-state index >= 15 is 0 Å². The number of hydrogen-bond acceptors (Lipinski definition) is 3. The van der Waals surface area contributed by atoms with Crippen molar-refractivity contribution >= 4 is 34.7 Å². The van der Waals surface area contributed by atoms with Gasteiger partial charge in [0, 0.05) is 23.2 Å². The predicted octanol–water partition coefficient (Wildman–Crippen LogP) is 4.79. The van der Waals surface area contributed by atoms with Gasteiger partial charge in [-0.1, -0.05) is 36.2 Å². The molecule has 1 heterocycles. The summed E-state index contributed by atoms with van der Waals surface area (Å²) >= 11 is 12.1. The van der Waals surface area contributed by atoms with Gasteiger partial charge >= 0.3 is 0 Å². The van der Waals surface area contributed by atoms with Crippen LogP contribution in [0.1, 0.15) is 24.7 Å². The summed E-state index contributed by atoms with van der Waals surface area (Å²) in [6, 6.07) is 7.42. The largest absolute Gasteiger partial charge is 0.340 e. The quantitative estimate of drug-likeness (QED) is 0.824. The third-order valence-electron chi connectivity index (χ3n) is 2.75. The van der Waals surface area contributed by atoms with Crippen molar-refractivity contribution in [3.63, 3.8) is 0 Å². The minimum Gasteiger partial charge on any atom is -0.340 e. The molecule has 0 amide bonds. The van der Waals surface area contributed by atoms with Crippen molar-refractivity contribution in [1.29, 1.82) is 0 Å². The fraction of sp³-hybridized carbons (Fsp3) is 0.286. The number of halogens is 2. The van der Waals surface area contributed by atoms with Crippen LogP contribution < -0.4 is 5.32 Å². The monoisotopic (exact) mass is 295 g/mol. The second-order valence-corrected chi connectivity index (χ2v) is 5.07. The van der Waals surface area contributed by atoms with Gasteiger partial charge in [0.15, 0.2) is 0 Å². The zero-order chi connectivity index (χ0) is 13.8. The Morgan fingerprint density at radius 3 is 2.74 bits per heavy atom. The Morgan fingerprint density at radius 1 is 1.21 bits per heavy atom. The highest BCUT2D eigenvalue weighted by atomic mass is 35.5. The average molecular weight is 296 g/mol. The maximum atomic E-state index is 6.09. The zero-order valence-corrected chi connectivity index (χ0v) is 12.4. The van der Waals surface area contributed by atoms with Gasteiger partial charge in [-0.25, -0.2) is 9.97 Å². The highest BCUT2D eigenvalue weighted by molar-refractivity contribution is 6.31. The molecule has 0 aliphatic carbocycles. The van der Waals surface area contributed by atoms with Crippen LogP contribution in [0.25, 0.3) is 0 Å². The number of rotatable bonds is 4. The van der Waals surface area contributed by atoms with E-state index in [1.54, 1.807) is 6.07 Å². The lowest BCUT2D eigenvalue weighted by molar-refractivity contribution is 0.837. The lowest BCUT2D eigenvalue weighted by Crippen LogP contribution is -2.01. The molecule has 0 spiro atoms. The van der Waals surface area contributed by atoms with Gasteiger partial charge in [-0.2, -0.15) is 0 Å². The first-order valence-corrected chi connectivity index (χ1v) is 6.91. The second-order valence-electron chi connectivity index (χ2n) is 4.28. The molecule has 1 aromatic heterocycles. The molecule has 2 rings (SSSR count). The van der Waals surface area contributed by atoms with E-state index in [1.807, 2.05) is 25.1 Å². The summed E-state index contributed by atoms with van der Waals surface area (Å²) in [5.41, 5.74) is 1.90. The molecule has 5 heteroatoms. The number of benzene rings is 1. The molecule has 2 aromatic rings. The van der Waals surface area contributed by atoms with Crippen molar-refractivity contribution in [2.75, 3.05) is 5.32 Å². The maximum Gasteiger partial charge on any atom is 0.135 e. The Bertz CT molecular complexity index is 585. The van der Waals surface area contributed by atoms with Crippen molar-refractivity contribution in [2.45, 2.75) is 26.7 Å². The van der Waals surface area contributed by atoms with Crippen LogP contribution in [0.2, 0.25) is 10.2 Å². The predicted molar refractivity (Wildman–Crippen MR) is 80.5 cm³/mol. The van der Waals surface area contributed by atoms with Crippen LogP contribution >= 0.6 is 23.2 Å². The van der Waals surface area contributed by atoms with Gasteiger partial charge in [-0.15, -0.1) is 0 Å². The summed E-state index contributed by atoms with van der Waals surface area (Å²) in [6.45, 7) is 4.04. The minimum absolute atomic E-state index is 0.445. The van der Waals surface area contributed by atoms with E-state index in [-0.39, 0.29) is 0 Å². The molecule has 0 radical (unpaired) electrons. The number of anilines is 2. The molecule has 1 aromatic carbocycles. The van der Waals surface area contributed by atoms with Crippen LogP contribution in [0, 0.1) is 6.92 Å². The normalized spacial score (nSPS) is 10.5. The van der Waals surface area contributed by atoms with Crippen LogP contribution in [0.4, 0.5) is 11.5 Å². The van der Waals surface area contributed by atoms with Crippen molar-refractivity contribution in [1.82, 2.24) is 9.97 Å². The molecule has 0 aliphatic rings. The van der Waals surface area contributed by atoms with Crippen LogP contribution in [-0.2, 0) is 6.42 Å². The topological polar surface area (TPSA) is 37.8 Å². The third-order valence-corrected chi connectivity index (χ3v) is 3.35. The van der Waals surface area contributed by atoms with E-state index in [4.69, 9.17) is 23.2 Å². The highest BCUT2D eigenvalue weighted by Crippen LogP contribution is 2.26. The highest BCUT2D eigenvalue weighted by Gasteiger charge is 2.06. The second kappa shape index (κ2) is 6.22. The Kier molecular flexibility index (Phi) is 4.61. The number of aromatic nitrogens is 2. The average Bonchev–Trinajstić information content (AvgIpc) is 2.35. The fourth-order valence-electron chi connectivity index (χ4n) is 1.75. The SMILES string of the molecule is CCCc1nc(Cl)cc(Nc2cccc(Cl)c2C)n1. The zero-order valence-electron chi connectivity index (χ0n) is 10.9. The molecule has 0 unspecified atom stereocenters. The van der Waals surface area contributed by atoms with Crippen LogP contribution in [0.5, 0.6) is 0 Å². The molecule has 0 atom stereocenters. The van der Waals surface area contributed by atoms with Crippen LogP contribution in [0.15, 0.2) is 24.3 Å². The Morgan fingerprint density at radius 2 is 2.00 bits per heavy atom. The molecule has 0 saturated carbocycles. The lowest BCUT2D eigenvalue weighted by atomic mass is 10.2. The molecule has 1 N–H and O–H groups in total. The fourth-order valence-corrected chi connectivity index (χ4v) is 2.12. The molecule has 0 bridgehead atoms. The summed E-state index contributed by atoms with van der Waals surface area (Å²) in [7, 11) is 0. The smallest absolute Gasteiger partial charge is 0.135 e. The van der Waals surface area contributed by atoms with E-state index in [2.05, 4.69) is 22.2 Å². The summed E-state index contributed by atoms with van der Waals surface area (Å²) in [6.07, 6.45) is 1.79. The summed E-state index contributed by atoms with van der Waals surface area (Å²) < 4.78 is 0. The van der Waals surface area contributed by atoms with Gasteiger partial charge in [-0.05, 0) is 31.0 Å². The molecule has 19 heavy (non-hydrogen) atoms. The van der Waals surface area contributed by atoms with Crippen molar-refractivity contribution < 1.29 is 0 Å². The van der Waals surface area contributed by atoms with Gasteiger partial charge in [0.05, 0.1) is 0 Å². The van der Waals surface area contributed by atoms with Crippen LogP contribution in [0.3, 0.4) is 0 Å². The molecule has 0 aliphatic heterocycles. The van der Waals surface area contributed by atoms with Crippen molar-refractivity contribution in [3.05, 3.63) is 45.8 Å². The summed E-state index contributed by atoms with van der Waals surface area (Å²) in [5.74, 6) is 1.44. The van der Waals surface area contributed by atoms with E-state index in [0.29, 0.717) is 11.0 Å². The van der Waals surface area contributed by atoms with E-state index < -0.39 is 0 Å². The molecule has 0 fully saturated rings. The van der Waals surface area contributed by atoms with E-state index in [0.717, 1.165) is 34.9 Å². The number of hydrogen-bond donors (Lipinski definition) is 1. The van der Waals surface area contributed by atoms with E-state index in [9.17, 15) is 0 Å². The van der Waals surface area contributed by atoms with Crippen molar-refractivity contribution in [2.24, 2.45) is 0 Å². The molecule has 3 nitrogen and oxygen atoms in total. The van der Waals surface area contributed by atoms with Gasteiger partial charge in [-0.3, -0.25) is 0 Å². The molecule has 100 valence electrons. The first-order chi connectivity index (χ1) is 9.10. The first-order valence-electron chi connectivity index (χ1n) is 6.15. The third kappa shape index (κ3) is 3.58. The molecular weight excluding hydrogens is 281 g/mol. The minimum atomic E-state index is 0.445.